The number of amides is 1. The average Bonchev–Trinajstić information content (AvgIpc) is 2.59. The van der Waals surface area contributed by atoms with E-state index in [0.29, 0.717) is 5.56 Å². The summed E-state index contributed by atoms with van der Waals surface area (Å²) in [5.41, 5.74) is 10.1. The third-order valence-corrected chi connectivity index (χ3v) is 4.37. The standard InChI is InChI=1S/C19H19N3O/c1-13(15-5-2-4-14(10-15)12-20)19(23)22-9-3-6-16-11-17(21)7-8-18(16)22/h2,4-5,7-8,10-11,13H,3,6,9,21H2,1H3. The van der Waals surface area contributed by atoms with Crippen molar-refractivity contribution in [1.29, 1.82) is 5.26 Å². The van der Waals surface area contributed by atoms with Gasteiger partial charge in [-0.25, -0.2) is 0 Å². The molecule has 4 nitrogen and oxygen atoms in total. The lowest BCUT2D eigenvalue weighted by Gasteiger charge is -2.32. The average molecular weight is 305 g/mol. The predicted octanol–water partition coefficient (Wildman–Crippen LogP) is 3.22. The number of carbonyl (C=O) groups excluding carboxylic acids is 1. The SMILES string of the molecule is CC(C(=O)N1CCCc2cc(N)ccc21)c1cccc(C#N)c1. The lowest BCUT2D eigenvalue weighted by atomic mass is 9.95. The van der Waals surface area contributed by atoms with Gasteiger partial charge in [-0.1, -0.05) is 12.1 Å². The molecule has 1 amide bonds. The topological polar surface area (TPSA) is 70.1 Å². The summed E-state index contributed by atoms with van der Waals surface area (Å²) in [6.45, 7) is 2.61. The van der Waals surface area contributed by atoms with E-state index in [0.717, 1.165) is 41.9 Å². The van der Waals surface area contributed by atoms with Gasteiger partial charge in [0, 0.05) is 17.9 Å². The second-order valence-electron chi connectivity index (χ2n) is 5.94. The molecule has 0 saturated heterocycles. The fraction of sp³-hybridized carbons (Fsp3) is 0.263. The van der Waals surface area contributed by atoms with E-state index in [9.17, 15) is 4.79 Å². The zero-order chi connectivity index (χ0) is 16.4. The van der Waals surface area contributed by atoms with Crippen LogP contribution >= 0.6 is 0 Å². The Hall–Kier alpha value is -2.80. The number of nitrogens with zero attached hydrogens (tertiary/aromatic N) is 2. The van der Waals surface area contributed by atoms with Crippen LogP contribution in [0.15, 0.2) is 42.5 Å². The Bertz CT molecular complexity index is 791. The number of aryl methyl sites for hydroxylation is 1. The fourth-order valence-electron chi connectivity index (χ4n) is 3.10. The predicted molar refractivity (Wildman–Crippen MR) is 91.1 cm³/mol. The Kier molecular flexibility index (Phi) is 4.03. The van der Waals surface area contributed by atoms with Crippen molar-refractivity contribution in [2.45, 2.75) is 25.7 Å². The third-order valence-electron chi connectivity index (χ3n) is 4.37. The van der Waals surface area contributed by atoms with Crippen LogP contribution in [-0.4, -0.2) is 12.5 Å². The number of hydrogen-bond acceptors (Lipinski definition) is 3. The van der Waals surface area contributed by atoms with E-state index in [1.165, 1.54) is 0 Å². The molecule has 23 heavy (non-hydrogen) atoms. The number of benzene rings is 2. The fourth-order valence-corrected chi connectivity index (χ4v) is 3.10. The van der Waals surface area contributed by atoms with Crippen molar-refractivity contribution in [2.75, 3.05) is 17.2 Å². The molecule has 0 saturated carbocycles. The summed E-state index contributed by atoms with van der Waals surface area (Å²) in [6.07, 6.45) is 1.88. The van der Waals surface area contributed by atoms with Gasteiger partial charge in [-0.3, -0.25) is 4.79 Å². The summed E-state index contributed by atoms with van der Waals surface area (Å²) in [7, 11) is 0. The molecule has 2 aromatic rings. The number of fused-ring (bicyclic) bond motifs is 1. The molecular weight excluding hydrogens is 286 g/mol. The molecule has 2 aromatic carbocycles. The maximum Gasteiger partial charge on any atom is 0.234 e. The molecule has 0 spiro atoms. The minimum absolute atomic E-state index is 0.0609. The van der Waals surface area contributed by atoms with E-state index in [2.05, 4.69) is 6.07 Å². The molecule has 1 aliphatic rings. The first-order valence-electron chi connectivity index (χ1n) is 7.80. The monoisotopic (exact) mass is 305 g/mol. The van der Waals surface area contributed by atoms with Crippen molar-refractivity contribution in [3.63, 3.8) is 0 Å². The summed E-state index contributed by atoms with van der Waals surface area (Å²) in [4.78, 5) is 14.8. The molecule has 0 aromatic heterocycles. The lowest BCUT2D eigenvalue weighted by Crippen LogP contribution is -2.38. The second kappa shape index (κ2) is 6.13. The van der Waals surface area contributed by atoms with Crippen LogP contribution in [0, 0.1) is 11.3 Å². The zero-order valence-corrected chi connectivity index (χ0v) is 13.1. The number of rotatable bonds is 2. The molecule has 0 radical (unpaired) electrons. The van der Waals surface area contributed by atoms with Gasteiger partial charge in [0.2, 0.25) is 5.91 Å². The Morgan fingerprint density at radius 3 is 2.91 bits per heavy atom. The van der Waals surface area contributed by atoms with E-state index in [4.69, 9.17) is 11.0 Å². The number of nitrogen functional groups attached to an aromatic ring is 1. The Balaban J connectivity index is 1.90. The minimum atomic E-state index is -0.285. The van der Waals surface area contributed by atoms with Crippen LogP contribution in [0.1, 0.15) is 36.0 Å². The van der Waals surface area contributed by atoms with Crippen molar-refractivity contribution < 1.29 is 4.79 Å². The van der Waals surface area contributed by atoms with Crippen LogP contribution in [0.2, 0.25) is 0 Å². The number of hydrogen-bond donors (Lipinski definition) is 1. The lowest BCUT2D eigenvalue weighted by molar-refractivity contribution is -0.119. The molecule has 3 rings (SSSR count). The van der Waals surface area contributed by atoms with E-state index in [1.54, 1.807) is 12.1 Å². The first-order chi connectivity index (χ1) is 11.1. The summed E-state index contributed by atoms with van der Waals surface area (Å²) in [5, 5.41) is 9.03. The highest BCUT2D eigenvalue weighted by Crippen LogP contribution is 2.31. The molecule has 1 aliphatic heterocycles. The number of nitriles is 1. The largest absolute Gasteiger partial charge is 0.399 e. The van der Waals surface area contributed by atoms with Gasteiger partial charge in [0.15, 0.2) is 0 Å². The van der Waals surface area contributed by atoms with Crippen molar-refractivity contribution >= 4 is 17.3 Å². The molecule has 2 N–H and O–H groups in total. The highest BCUT2D eigenvalue weighted by atomic mass is 16.2. The van der Waals surface area contributed by atoms with Gasteiger partial charge >= 0.3 is 0 Å². The van der Waals surface area contributed by atoms with Crippen LogP contribution < -0.4 is 10.6 Å². The van der Waals surface area contributed by atoms with Crippen molar-refractivity contribution in [3.8, 4) is 6.07 Å². The molecule has 0 bridgehead atoms. The first-order valence-corrected chi connectivity index (χ1v) is 7.80. The zero-order valence-electron chi connectivity index (χ0n) is 13.1. The Morgan fingerprint density at radius 1 is 1.30 bits per heavy atom. The van der Waals surface area contributed by atoms with Crippen LogP contribution in [0.25, 0.3) is 0 Å². The highest BCUT2D eigenvalue weighted by molar-refractivity contribution is 5.99. The molecule has 116 valence electrons. The molecule has 1 heterocycles. The van der Waals surface area contributed by atoms with Crippen LogP contribution in [0.5, 0.6) is 0 Å². The van der Waals surface area contributed by atoms with Gasteiger partial charge in [-0.15, -0.1) is 0 Å². The Labute approximate surface area is 136 Å². The second-order valence-corrected chi connectivity index (χ2v) is 5.94. The number of nitrogens with two attached hydrogens (primary N) is 1. The number of carbonyl (C=O) groups is 1. The normalized spacial score (nSPS) is 14.7. The molecule has 1 unspecified atom stereocenters. The van der Waals surface area contributed by atoms with E-state index < -0.39 is 0 Å². The van der Waals surface area contributed by atoms with Gasteiger partial charge in [0.25, 0.3) is 0 Å². The number of anilines is 2. The summed E-state index contributed by atoms with van der Waals surface area (Å²) < 4.78 is 0. The molecule has 4 heteroatoms. The summed E-state index contributed by atoms with van der Waals surface area (Å²) in [6, 6.07) is 15.1. The van der Waals surface area contributed by atoms with E-state index >= 15 is 0 Å². The van der Waals surface area contributed by atoms with Crippen LogP contribution in [-0.2, 0) is 11.2 Å². The molecule has 0 aliphatic carbocycles. The van der Waals surface area contributed by atoms with E-state index in [-0.39, 0.29) is 11.8 Å². The van der Waals surface area contributed by atoms with Crippen LogP contribution in [0.4, 0.5) is 11.4 Å². The maximum atomic E-state index is 13.0. The third kappa shape index (κ3) is 2.91. The van der Waals surface area contributed by atoms with Gasteiger partial charge in [-0.05, 0) is 61.2 Å². The highest BCUT2D eigenvalue weighted by Gasteiger charge is 2.27. The summed E-state index contributed by atoms with van der Waals surface area (Å²) >= 11 is 0. The summed E-state index contributed by atoms with van der Waals surface area (Å²) in [5.74, 6) is -0.224. The molecule has 0 fully saturated rings. The molecule has 1 atom stereocenters. The van der Waals surface area contributed by atoms with Gasteiger partial charge in [-0.2, -0.15) is 5.26 Å². The minimum Gasteiger partial charge on any atom is -0.399 e. The maximum absolute atomic E-state index is 13.0. The van der Waals surface area contributed by atoms with Gasteiger partial charge in [0.1, 0.15) is 0 Å². The smallest absolute Gasteiger partial charge is 0.234 e. The van der Waals surface area contributed by atoms with Crippen LogP contribution in [0.3, 0.4) is 0 Å². The Morgan fingerprint density at radius 2 is 2.13 bits per heavy atom. The van der Waals surface area contributed by atoms with Crippen molar-refractivity contribution in [3.05, 3.63) is 59.2 Å². The van der Waals surface area contributed by atoms with Gasteiger partial charge in [0.05, 0.1) is 17.6 Å². The van der Waals surface area contributed by atoms with Gasteiger partial charge < -0.3 is 10.6 Å². The van der Waals surface area contributed by atoms with E-state index in [1.807, 2.05) is 42.2 Å². The quantitative estimate of drug-likeness (QED) is 0.866. The van der Waals surface area contributed by atoms with Crippen molar-refractivity contribution in [1.82, 2.24) is 0 Å². The first kappa shape index (κ1) is 15.1. The van der Waals surface area contributed by atoms with Crippen molar-refractivity contribution in [2.24, 2.45) is 0 Å². The molecular formula is C19H19N3O.